The van der Waals surface area contributed by atoms with Crippen molar-refractivity contribution in [2.45, 2.75) is 89.9 Å². The van der Waals surface area contributed by atoms with Gasteiger partial charge in [-0.05, 0) is 80.7 Å². The van der Waals surface area contributed by atoms with Crippen molar-refractivity contribution in [3.63, 3.8) is 0 Å². The van der Waals surface area contributed by atoms with E-state index in [1.807, 2.05) is 49.7 Å². The van der Waals surface area contributed by atoms with Crippen LogP contribution in [0.4, 0.5) is 0 Å². The molecule has 1 unspecified atom stereocenters. The Balaban J connectivity index is 1.87. The summed E-state index contributed by atoms with van der Waals surface area (Å²) in [4.78, 5) is 24.5. The van der Waals surface area contributed by atoms with Crippen LogP contribution in [0, 0.1) is 0 Å². The third kappa shape index (κ3) is 6.97. The predicted octanol–water partition coefficient (Wildman–Crippen LogP) is 3.40. The Morgan fingerprint density at radius 2 is 1.97 bits per heavy atom. The molecule has 3 N–H and O–H groups in total. The number of nitrogens with one attached hydrogen (secondary N) is 3. The molecule has 1 aliphatic rings. The molecule has 0 radical (unpaired) electrons. The lowest BCUT2D eigenvalue weighted by molar-refractivity contribution is -0.118. The number of benzene rings is 1. The number of nitrogens with zero attached hydrogens (tertiary/aromatic N) is 4. The summed E-state index contributed by atoms with van der Waals surface area (Å²) in [7, 11) is 0. The second-order valence-corrected chi connectivity index (χ2v) is 10.3. The molecule has 1 aliphatic carbocycles. The van der Waals surface area contributed by atoms with Crippen LogP contribution in [0.2, 0.25) is 0 Å². The molecule has 1 saturated carbocycles. The van der Waals surface area contributed by atoms with Crippen molar-refractivity contribution in [1.82, 2.24) is 36.2 Å². The van der Waals surface area contributed by atoms with Crippen LogP contribution < -0.4 is 16.0 Å². The van der Waals surface area contributed by atoms with Gasteiger partial charge in [-0.15, -0.1) is 5.10 Å². The van der Waals surface area contributed by atoms with E-state index >= 15 is 0 Å². The molecule has 0 aliphatic heterocycles. The van der Waals surface area contributed by atoms with Crippen LogP contribution in [-0.4, -0.2) is 44.1 Å². The molecule has 1 atom stereocenters. The summed E-state index contributed by atoms with van der Waals surface area (Å²) in [6.45, 7) is 12.8. The number of hydrogen-bond donors (Lipinski definition) is 3. The van der Waals surface area contributed by atoms with Gasteiger partial charge in [0.15, 0.2) is 5.82 Å². The van der Waals surface area contributed by atoms with Gasteiger partial charge in [-0.25, -0.2) is 4.68 Å². The maximum absolute atomic E-state index is 12.4. The summed E-state index contributed by atoms with van der Waals surface area (Å²) in [5.41, 5.74) is 0.410. The number of hydrogen-bond acceptors (Lipinski definition) is 6. The van der Waals surface area contributed by atoms with Crippen molar-refractivity contribution in [3.05, 3.63) is 53.9 Å². The molecule has 1 heterocycles. The van der Waals surface area contributed by atoms with Crippen molar-refractivity contribution >= 4 is 11.8 Å². The zero-order valence-electron chi connectivity index (χ0n) is 21.4. The molecule has 35 heavy (non-hydrogen) atoms. The van der Waals surface area contributed by atoms with Crippen molar-refractivity contribution < 1.29 is 9.59 Å². The van der Waals surface area contributed by atoms with Gasteiger partial charge >= 0.3 is 0 Å². The van der Waals surface area contributed by atoms with Gasteiger partial charge in [0, 0.05) is 24.2 Å². The fourth-order valence-electron chi connectivity index (χ4n) is 4.95. The zero-order valence-corrected chi connectivity index (χ0v) is 21.4. The van der Waals surface area contributed by atoms with Crippen LogP contribution in [-0.2, 0) is 16.9 Å². The standard InChI is InChI=1S/C26H39N7O2/c1-6-15-27-23(35)20-12-10-11-19(16-20)17-28-26(5,18-25(3,4)29-22(34)7-2)24-30-31-32-33(24)21-13-8-9-14-21/h7,10-12,16,21,28H,2,6,8-9,13-15,17-18H2,1,3-5H3,(H,27,35)(H,29,34). The Bertz CT molecular complexity index is 1030. The number of tetrazole rings is 1. The SMILES string of the molecule is C=CC(=O)NC(C)(C)CC(C)(NCc1cccc(C(=O)NCCC)c1)c1nnnn1C1CCCC1. The molecule has 0 spiro atoms. The lowest BCUT2D eigenvalue weighted by Gasteiger charge is -2.38. The molecule has 0 bridgehead atoms. The Morgan fingerprint density at radius 3 is 2.66 bits per heavy atom. The van der Waals surface area contributed by atoms with E-state index in [1.165, 1.54) is 18.9 Å². The van der Waals surface area contributed by atoms with Crippen LogP contribution in [0.3, 0.4) is 0 Å². The summed E-state index contributed by atoms with van der Waals surface area (Å²) in [5, 5.41) is 22.4. The molecule has 9 nitrogen and oxygen atoms in total. The van der Waals surface area contributed by atoms with Gasteiger partial charge in [-0.2, -0.15) is 0 Å². The fraction of sp³-hybridized carbons (Fsp3) is 0.577. The monoisotopic (exact) mass is 481 g/mol. The van der Waals surface area contributed by atoms with E-state index < -0.39 is 11.1 Å². The molecular weight excluding hydrogens is 442 g/mol. The van der Waals surface area contributed by atoms with E-state index in [0.717, 1.165) is 30.7 Å². The minimum absolute atomic E-state index is 0.0742. The molecule has 9 heteroatoms. The summed E-state index contributed by atoms with van der Waals surface area (Å²) >= 11 is 0. The Hall–Kier alpha value is -3.07. The highest BCUT2D eigenvalue weighted by molar-refractivity contribution is 5.94. The average molecular weight is 482 g/mol. The molecule has 1 fully saturated rings. The third-order valence-corrected chi connectivity index (χ3v) is 6.51. The van der Waals surface area contributed by atoms with Crippen LogP contribution in [0.1, 0.15) is 94.0 Å². The van der Waals surface area contributed by atoms with Crippen molar-refractivity contribution in [1.29, 1.82) is 0 Å². The Labute approximate surface area is 208 Å². The van der Waals surface area contributed by atoms with E-state index in [9.17, 15) is 9.59 Å². The fourth-order valence-corrected chi connectivity index (χ4v) is 4.95. The van der Waals surface area contributed by atoms with E-state index in [1.54, 1.807) is 0 Å². The lowest BCUT2D eigenvalue weighted by Crippen LogP contribution is -2.52. The normalized spacial score (nSPS) is 16.0. The van der Waals surface area contributed by atoms with Crippen LogP contribution in [0.15, 0.2) is 36.9 Å². The zero-order chi connectivity index (χ0) is 25.5. The van der Waals surface area contributed by atoms with Gasteiger partial charge in [0.05, 0.1) is 11.6 Å². The first-order valence-corrected chi connectivity index (χ1v) is 12.5. The van der Waals surface area contributed by atoms with Crippen LogP contribution >= 0.6 is 0 Å². The molecule has 2 aromatic rings. The van der Waals surface area contributed by atoms with E-state index in [0.29, 0.717) is 25.1 Å². The predicted molar refractivity (Wildman–Crippen MR) is 136 cm³/mol. The van der Waals surface area contributed by atoms with Gasteiger partial charge in [0.2, 0.25) is 5.91 Å². The largest absolute Gasteiger partial charge is 0.352 e. The number of carbonyl (C=O) groups is 2. The molecule has 2 amide bonds. The highest BCUT2D eigenvalue weighted by Gasteiger charge is 2.40. The van der Waals surface area contributed by atoms with Gasteiger partial charge < -0.3 is 16.0 Å². The molecule has 1 aromatic heterocycles. The number of carbonyl (C=O) groups excluding carboxylic acids is 2. The first-order chi connectivity index (χ1) is 16.7. The third-order valence-electron chi connectivity index (χ3n) is 6.51. The highest BCUT2D eigenvalue weighted by Crippen LogP contribution is 2.35. The maximum Gasteiger partial charge on any atom is 0.251 e. The van der Waals surface area contributed by atoms with Gasteiger partial charge in [0.25, 0.3) is 5.91 Å². The average Bonchev–Trinajstić information content (AvgIpc) is 3.53. The van der Waals surface area contributed by atoms with Gasteiger partial charge in [0.1, 0.15) is 0 Å². The quantitative estimate of drug-likeness (QED) is 0.401. The first-order valence-electron chi connectivity index (χ1n) is 12.5. The van der Waals surface area contributed by atoms with E-state index in [4.69, 9.17) is 0 Å². The second-order valence-electron chi connectivity index (χ2n) is 10.3. The number of amides is 2. The first kappa shape index (κ1) is 26.5. The number of aromatic nitrogens is 4. The van der Waals surface area contributed by atoms with E-state index in [-0.39, 0.29) is 17.9 Å². The molecule has 3 rings (SSSR count). The summed E-state index contributed by atoms with van der Waals surface area (Å²) in [6.07, 6.45) is 7.16. The molecule has 0 saturated heterocycles. The lowest BCUT2D eigenvalue weighted by atomic mass is 9.84. The van der Waals surface area contributed by atoms with E-state index in [2.05, 4.69) is 45.0 Å². The van der Waals surface area contributed by atoms with Crippen LogP contribution in [0.5, 0.6) is 0 Å². The van der Waals surface area contributed by atoms with Gasteiger partial charge in [-0.3, -0.25) is 9.59 Å². The Morgan fingerprint density at radius 1 is 1.23 bits per heavy atom. The van der Waals surface area contributed by atoms with Crippen molar-refractivity contribution in [2.24, 2.45) is 0 Å². The topological polar surface area (TPSA) is 114 Å². The molecule has 190 valence electrons. The molecule has 1 aromatic carbocycles. The second kappa shape index (κ2) is 11.6. The Kier molecular flexibility index (Phi) is 8.77. The minimum Gasteiger partial charge on any atom is -0.352 e. The van der Waals surface area contributed by atoms with Crippen molar-refractivity contribution in [3.8, 4) is 0 Å². The maximum atomic E-state index is 12.4. The summed E-state index contributed by atoms with van der Waals surface area (Å²) in [5.74, 6) is 0.454. The highest BCUT2D eigenvalue weighted by atomic mass is 16.2. The smallest absolute Gasteiger partial charge is 0.251 e. The van der Waals surface area contributed by atoms with Crippen molar-refractivity contribution in [2.75, 3.05) is 6.54 Å². The minimum atomic E-state index is -0.648. The van der Waals surface area contributed by atoms with Crippen LogP contribution in [0.25, 0.3) is 0 Å². The summed E-state index contributed by atoms with van der Waals surface area (Å²) < 4.78 is 1.96. The summed E-state index contributed by atoms with van der Waals surface area (Å²) in [6, 6.07) is 7.89. The number of rotatable bonds is 12. The molecular formula is C26H39N7O2. The van der Waals surface area contributed by atoms with Gasteiger partial charge in [-0.1, -0.05) is 38.5 Å².